The molecule has 0 aromatic heterocycles. The zero-order chi connectivity index (χ0) is 14.3. The van der Waals surface area contributed by atoms with Crippen LogP contribution >= 0.6 is 0 Å². The van der Waals surface area contributed by atoms with Gasteiger partial charge in [-0.2, -0.15) is 0 Å². The second-order valence-electron chi connectivity index (χ2n) is 4.68. The lowest BCUT2D eigenvalue weighted by molar-refractivity contribution is 0.587. The highest BCUT2D eigenvalue weighted by molar-refractivity contribution is 7.89. The summed E-state index contributed by atoms with van der Waals surface area (Å²) in [5.74, 6) is 0. The van der Waals surface area contributed by atoms with Crippen LogP contribution in [0.5, 0.6) is 0 Å². The number of sulfonamides is 1. The molecular weight excluding hydrogens is 260 g/mol. The van der Waals surface area contributed by atoms with Gasteiger partial charge in [-0.1, -0.05) is 32.3 Å². The minimum Gasteiger partial charge on any atom is -0.385 e. The molecule has 0 saturated carbocycles. The van der Waals surface area contributed by atoms with Crippen LogP contribution in [0.3, 0.4) is 0 Å². The Morgan fingerprint density at radius 2 is 1.89 bits per heavy atom. The van der Waals surface area contributed by atoms with Gasteiger partial charge in [0.1, 0.15) is 0 Å². The Morgan fingerprint density at radius 3 is 2.53 bits per heavy atom. The Labute approximate surface area is 116 Å². The fourth-order valence-corrected chi connectivity index (χ4v) is 2.89. The van der Waals surface area contributed by atoms with E-state index in [2.05, 4.69) is 17.0 Å². The van der Waals surface area contributed by atoms with Crippen LogP contribution in [0.25, 0.3) is 0 Å². The van der Waals surface area contributed by atoms with Gasteiger partial charge in [0, 0.05) is 12.2 Å². The summed E-state index contributed by atoms with van der Waals surface area (Å²) in [5.41, 5.74) is 1.61. The monoisotopic (exact) mass is 284 g/mol. The first-order valence-corrected chi connectivity index (χ1v) is 8.27. The topological polar surface area (TPSA) is 58.2 Å². The van der Waals surface area contributed by atoms with E-state index in [1.54, 1.807) is 13.0 Å². The second kappa shape index (κ2) is 7.50. The summed E-state index contributed by atoms with van der Waals surface area (Å²) in [4.78, 5) is 0.341. The molecule has 0 unspecified atom stereocenters. The van der Waals surface area contributed by atoms with E-state index in [9.17, 15) is 8.42 Å². The van der Waals surface area contributed by atoms with Crippen molar-refractivity contribution in [3.63, 3.8) is 0 Å². The maximum atomic E-state index is 11.9. The van der Waals surface area contributed by atoms with E-state index in [1.807, 2.05) is 12.1 Å². The van der Waals surface area contributed by atoms with Crippen molar-refractivity contribution in [3.8, 4) is 0 Å². The molecule has 0 aliphatic heterocycles. The first-order valence-electron chi connectivity index (χ1n) is 6.79. The van der Waals surface area contributed by atoms with Crippen LogP contribution in [-0.2, 0) is 10.0 Å². The number of benzene rings is 1. The molecule has 0 saturated heterocycles. The number of aryl methyl sites for hydroxylation is 1. The third kappa shape index (κ3) is 4.84. The number of anilines is 1. The Bertz CT molecular complexity index is 498. The van der Waals surface area contributed by atoms with Crippen molar-refractivity contribution in [1.82, 2.24) is 4.72 Å². The van der Waals surface area contributed by atoms with Gasteiger partial charge in [0.25, 0.3) is 0 Å². The number of rotatable bonds is 8. The van der Waals surface area contributed by atoms with Crippen LogP contribution in [0.2, 0.25) is 0 Å². The maximum Gasteiger partial charge on any atom is 0.240 e. The molecule has 108 valence electrons. The zero-order valence-corrected chi connectivity index (χ0v) is 12.8. The number of unbranched alkanes of at least 4 members (excludes halogenated alkanes) is 3. The lowest BCUT2D eigenvalue weighted by Gasteiger charge is -2.11. The Hall–Kier alpha value is -1.07. The third-order valence-electron chi connectivity index (χ3n) is 3.11. The van der Waals surface area contributed by atoms with Crippen LogP contribution < -0.4 is 10.0 Å². The van der Waals surface area contributed by atoms with Crippen molar-refractivity contribution >= 4 is 15.7 Å². The smallest absolute Gasteiger partial charge is 0.240 e. The van der Waals surface area contributed by atoms with E-state index >= 15 is 0 Å². The third-order valence-corrected chi connectivity index (χ3v) is 4.66. The van der Waals surface area contributed by atoms with Crippen LogP contribution in [0, 0.1) is 6.92 Å². The molecule has 0 amide bonds. The minimum atomic E-state index is -3.38. The molecule has 0 aliphatic rings. The summed E-state index contributed by atoms with van der Waals surface area (Å²) in [6, 6.07) is 5.45. The van der Waals surface area contributed by atoms with Crippen molar-refractivity contribution in [2.75, 3.05) is 18.9 Å². The van der Waals surface area contributed by atoms with Crippen LogP contribution in [-0.4, -0.2) is 22.0 Å². The Balaban J connectivity index is 2.69. The van der Waals surface area contributed by atoms with Gasteiger partial charge in [0.05, 0.1) is 4.90 Å². The molecule has 1 rings (SSSR count). The highest BCUT2D eigenvalue weighted by Gasteiger charge is 2.14. The molecule has 19 heavy (non-hydrogen) atoms. The molecule has 1 aromatic rings. The van der Waals surface area contributed by atoms with E-state index < -0.39 is 10.0 Å². The van der Waals surface area contributed by atoms with Gasteiger partial charge in [-0.05, 0) is 38.1 Å². The standard InChI is InChI=1S/C14H24N2O2S/c1-4-5-6-7-10-16-13-9-8-12(2)14(11-13)19(17,18)15-3/h8-9,11,15-16H,4-7,10H2,1-3H3. The lowest BCUT2D eigenvalue weighted by Crippen LogP contribution is -2.19. The Morgan fingerprint density at radius 1 is 1.16 bits per heavy atom. The minimum absolute atomic E-state index is 0.341. The number of hydrogen-bond donors (Lipinski definition) is 2. The predicted molar refractivity (Wildman–Crippen MR) is 80.1 cm³/mol. The van der Waals surface area contributed by atoms with Gasteiger partial charge < -0.3 is 5.32 Å². The summed E-state index contributed by atoms with van der Waals surface area (Å²) in [5, 5.41) is 3.28. The van der Waals surface area contributed by atoms with Gasteiger partial charge in [-0.3, -0.25) is 0 Å². The normalized spacial score (nSPS) is 11.5. The predicted octanol–water partition coefficient (Wildman–Crippen LogP) is 2.90. The van der Waals surface area contributed by atoms with E-state index in [1.165, 1.54) is 26.3 Å². The summed E-state index contributed by atoms with van der Waals surface area (Å²) in [6.07, 6.45) is 4.77. The van der Waals surface area contributed by atoms with E-state index in [4.69, 9.17) is 0 Å². The zero-order valence-electron chi connectivity index (χ0n) is 12.0. The molecule has 0 heterocycles. The highest BCUT2D eigenvalue weighted by Crippen LogP contribution is 2.20. The lowest BCUT2D eigenvalue weighted by atomic mass is 10.2. The summed E-state index contributed by atoms with van der Waals surface area (Å²) in [7, 11) is -1.95. The van der Waals surface area contributed by atoms with Crippen molar-refractivity contribution < 1.29 is 8.42 Å². The molecule has 4 nitrogen and oxygen atoms in total. The number of hydrogen-bond acceptors (Lipinski definition) is 3. The van der Waals surface area contributed by atoms with Gasteiger partial charge in [0.2, 0.25) is 10.0 Å². The molecule has 0 bridgehead atoms. The maximum absolute atomic E-state index is 11.9. The van der Waals surface area contributed by atoms with Crippen LogP contribution in [0.15, 0.2) is 23.1 Å². The fourth-order valence-electron chi connectivity index (χ4n) is 1.89. The van der Waals surface area contributed by atoms with Crippen LogP contribution in [0.1, 0.15) is 38.2 Å². The molecule has 1 aromatic carbocycles. The Kier molecular flexibility index (Phi) is 6.31. The summed E-state index contributed by atoms with van der Waals surface area (Å²) >= 11 is 0. The molecule has 0 radical (unpaired) electrons. The highest BCUT2D eigenvalue weighted by atomic mass is 32.2. The van der Waals surface area contributed by atoms with Gasteiger partial charge >= 0.3 is 0 Å². The van der Waals surface area contributed by atoms with Gasteiger partial charge in [0.15, 0.2) is 0 Å². The summed E-state index contributed by atoms with van der Waals surface area (Å²) < 4.78 is 26.1. The SMILES string of the molecule is CCCCCCNc1ccc(C)c(S(=O)(=O)NC)c1. The van der Waals surface area contributed by atoms with Crippen molar-refractivity contribution in [3.05, 3.63) is 23.8 Å². The molecule has 0 spiro atoms. The molecular formula is C14H24N2O2S. The average Bonchev–Trinajstić information content (AvgIpc) is 2.40. The molecule has 0 aliphatic carbocycles. The largest absolute Gasteiger partial charge is 0.385 e. The van der Waals surface area contributed by atoms with Crippen molar-refractivity contribution in [1.29, 1.82) is 0 Å². The first-order chi connectivity index (χ1) is 9.01. The average molecular weight is 284 g/mol. The number of nitrogens with one attached hydrogen (secondary N) is 2. The van der Waals surface area contributed by atoms with Gasteiger partial charge in [-0.25, -0.2) is 13.1 Å². The molecule has 2 N–H and O–H groups in total. The molecule has 0 fully saturated rings. The van der Waals surface area contributed by atoms with Crippen molar-refractivity contribution in [2.45, 2.75) is 44.4 Å². The molecule has 0 atom stereocenters. The van der Waals surface area contributed by atoms with Crippen molar-refractivity contribution in [2.24, 2.45) is 0 Å². The summed E-state index contributed by atoms with van der Waals surface area (Å²) in [6.45, 7) is 4.86. The second-order valence-corrected chi connectivity index (χ2v) is 6.53. The first kappa shape index (κ1) is 16.0. The van der Waals surface area contributed by atoms with Crippen LogP contribution in [0.4, 0.5) is 5.69 Å². The molecule has 5 heteroatoms. The van der Waals surface area contributed by atoms with Gasteiger partial charge in [-0.15, -0.1) is 0 Å². The quantitative estimate of drug-likeness (QED) is 0.722. The van der Waals surface area contributed by atoms with E-state index in [0.29, 0.717) is 4.90 Å². The van der Waals surface area contributed by atoms with E-state index in [-0.39, 0.29) is 0 Å². The fraction of sp³-hybridized carbons (Fsp3) is 0.571. The van der Waals surface area contributed by atoms with E-state index in [0.717, 1.165) is 24.2 Å².